The van der Waals surface area contributed by atoms with Gasteiger partial charge in [-0.25, -0.2) is 0 Å². The van der Waals surface area contributed by atoms with Crippen LogP contribution in [-0.2, 0) is 0 Å². The number of likely N-dealkylation sites (tertiary alicyclic amines) is 1. The Balaban J connectivity index is 1.99. The zero-order chi connectivity index (χ0) is 13.0. The molecule has 1 aromatic carbocycles. The highest BCUT2D eigenvalue weighted by atomic mass is 15.2. The summed E-state index contributed by atoms with van der Waals surface area (Å²) in [5, 5.41) is 0. The zero-order valence-electron chi connectivity index (χ0n) is 11.7. The normalized spacial score (nSPS) is 24.7. The first-order chi connectivity index (χ1) is 8.68. The fraction of sp³-hybridized carbons (Fsp3) is 0.625. The molecule has 0 aliphatic carbocycles. The Morgan fingerprint density at radius 2 is 1.94 bits per heavy atom. The van der Waals surface area contributed by atoms with Gasteiger partial charge in [0.05, 0.1) is 0 Å². The molecule has 1 heterocycles. The standard InChI is InChI=1S/C16H26N2/c1-13(15-8-4-3-5-9-15)12-18-11-7-6-10-16(18)14(2)17/h3-5,8-9,13-14,16H,6-7,10-12,17H2,1-2H3. The van der Waals surface area contributed by atoms with E-state index in [1.807, 2.05) is 0 Å². The molecular formula is C16H26N2. The minimum Gasteiger partial charge on any atom is -0.327 e. The minimum atomic E-state index is 0.285. The molecule has 3 atom stereocenters. The van der Waals surface area contributed by atoms with Crippen LogP contribution in [0.15, 0.2) is 30.3 Å². The third kappa shape index (κ3) is 3.33. The second-order valence-corrected chi connectivity index (χ2v) is 5.73. The van der Waals surface area contributed by atoms with Gasteiger partial charge >= 0.3 is 0 Å². The van der Waals surface area contributed by atoms with Gasteiger partial charge in [-0.2, -0.15) is 0 Å². The number of piperidine rings is 1. The number of nitrogens with zero attached hydrogens (tertiary/aromatic N) is 1. The van der Waals surface area contributed by atoms with E-state index in [1.54, 1.807) is 0 Å². The smallest absolute Gasteiger partial charge is 0.0244 e. The molecule has 2 nitrogen and oxygen atoms in total. The van der Waals surface area contributed by atoms with Crippen LogP contribution in [0.2, 0.25) is 0 Å². The summed E-state index contributed by atoms with van der Waals surface area (Å²) in [6.07, 6.45) is 3.92. The van der Waals surface area contributed by atoms with Gasteiger partial charge in [0, 0.05) is 18.6 Å². The van der Waals surface area contributed by atoms with Gasteiger partial charge in [0.2, 0.25) is 0 Å². The van der Waals surface area contributed by atoms with Crippen molar-refractivity contribution < 1.29 is 0 Å². The fourth-order valence-corrected chi connectivity index (χ4v) is 3.08. The van der Waals surface area contributed by atoms with Gasteiger partial charge in [-0.15, -0.1) is 0 Å². The first kappa shape index (κ1) is 13.6. The van der Waals surface area contributed by atoms with Crippen LogP contribution in [0.5, 0.6) is 0 Å². The van der Waals surface area contributed by atoms with Crippen LogP contribution in [0.25, 0.3) is 0 Å². The maximum Gasteiger partial charge on any atom is 0.0244 e. The van der Waals surface area contributed by atoms with Crippen LogP contribution in [0.3, 0.4) is 0 Å². The first-order valence-electron chi connectivity index (χ1n) is 7.23. The Kier molecular flexibility index (Phi) is 4.79. The molecule has 1 fully saturated rings. The Morgan fingerprint density at radius 3 is 2.61 bits per heavy atom. The van der Waals surface area contributed by atoms with E-state index in [0.717, 1.165) is 6.54 Å². The zero-order valence-corrected chi connectivity index (χ0v) is 11.7. The van der Waals surface area contributed by atoms with Gasteiger partial charge in [0.25, 0.3) is 0 Å². The average Bonchev–Trinajstić information content (AvgIpc) is 2.40. The topological polar surface area (TPSA) is 29.3 Å². The molecule has 0 spiro atoms. The molecule has 1 saturated heterocycles. The Bertz CT molecular complexity index is 347. The van der Waals surface area contributed by atoms with Crippen molar-refractivity contribution >= 4 is 0 Å². The van der Waals surface area contributed by atoms with E-state index in [9.17, 15) is 0 Å². The number of benzene rings is 1. The summed E-state index contributed by atoms with van der Waals surface area (Å²) in [4.78, 5) is 2.60. The van der Waals surface area contributed by atoms with Crippen LogP contribution in [0.1, 0.15) is 44.6 Å². The first-order valence-corrected chi connectivity index (χ1v) is 7.23. The molecule has 100 valence electrons. The van der Waals surface area contributed by atoms with E-state index in [2.05, 4.69) is 49.1 Å². The molecule has 1 aromatic rings. The van der Waals surface area contributed by atoms with E-state index >= 15 is 0 Å². The van der Waals surface area contributed by atoms with Crippen molar-refractivity contribution in [2.45, 2.75) is 51.1 Å². The molecule has 2 N–H and O–H groups in total. The summed E-state index contributed by atoms with van der Waals surface area (Å²) in [5.74, 6) is 0.588. The predicted octanol–water partition coefficient (Wildman–Crippen LogP) is 2.99. The average molecular weight is 246 g/mol. The lowest BCUT2D eigenvalue weighted by Crippen LogP contribution is -2.50. The minimum absolute atomic E-state index is 0.285. The molecule has 0 radical (unpaired) electrons. The summed E-state index contributed by atoms with van der Waals surface area (Å²) >= 11 is 0. The molecule has 0 saturated carbocycles. The third-order valence-corrected chi connectivity index (χ3v) is 4.15. The molecule has 0 aromatic heterocycles. The number of nitrogens with two attached hydrogens (primary N) is 1. The lowest BCUT2D eigenvalue weighted by molar-refractivity contribution is 0.124. The molecule has 18 heavy (non-hydrogen) atoms. The van der Waals surface area contributed by atoms with Crippen molar-refractivity contribution in [3.63, 3.8) is 0 Å². The summed E-state index contributed by atoms with van der Waals surface area (Å²) in [6.45, 7) is 6.82. The molecule has 3 unspecified atom stereocenters. The van der Waals surface area contributed by atoms with Crippen LogP contribution >= 0.6 is 0 Å². The second kappa shape index (κ2) is 6.35. The maximum atomic E-state index is 6.13. The van der Waals surface area contributed by atoms with E-state index in [4.69, 9.17) is 5.73 Å². The van der Waals surface area contributed by atoms with Gasteiger partial charge in [-0.05, 0) is 37.8 Å². The molecule has 1 aliphatic heterocycles. The summed E-state index contributed by atoms with van der Waals surface area (Å²) in [6, 6.07) is 11.7. The van der Waals surface area contributed by atoms with Crippen molar-refractivity contribution in [2.24, 2.45) is 5.73 Å². The lowest BCUT2D eigenvalue weighted by atomic mass is 9.93. The molecule has 2 rings (SSSR count). The summed E-state index contributed by atoms with van der Waals surface area (Å²) in [5.41, 5.74) is 7.57. The summed E-state index contributed by atoms with van der Waals surface area (Å²) in [7, 11) is 0. The van der Waals surface area contributed by atoms with E-state index in [0.29, 0.717) is 12.0 Å². The van der Waals surface area contributed by atoms with Crippen LogP contribution in [0, 0.1) is 0 Å². The van der Waals surface area contributed by atoms with E-state index in [1.165, 1.54) is 31.4 Å². The largest absolute Gasteiger partial charge is 0.327 e. The highest BCUT2D eigenvalue weighted by Crippen LogP contribution is 2.23. The van der Waals surface area contributed by atoms with Crippen molar-refractivity contribution in [1.29, 1.82) is 0 Å². The molecule has 2 heteroatoms. The van der Waals surface area contributed by atoms with Gasteiger partial charge in [0.15, 0.2) is 0 Å². The van der Waals surface area contributed by atoms with Crippen molar-refractivity contribution in [3.8, 4) is 0 Å². The van der Waals surface area contributed by atoms with Gasteiger partial charge in [0.1, 0.15) is 0 Å². The lowest BCUT2D eigenvalue weighted by Gasteiger charge is -2.39. The monoisotopic (exact) mass is 246 g/mol. The van der Waals surface area contributed by atoms with Gasteiger partial charge in [-0.1, -0.05) is 43.7 Å². The Morgan fingerprint density at radius 1 is 1.22 bits per heavy atom. The maximum absolute atomic E-state index is 6.13. The molecule has 0 bridgehead atoms. The molecular weight excluding hydrogens is 220 g/mol. The predicted molar refractivity (Wildman–Crippen MR) is 77.7 cm³/mol. The second-order valence-electron chi connectivity index (χ2n) is 5.73. The highest BCUT2D eigenvalue weighted by Gasteiger charge is 2.26. The van der Waals surface area contributed by atoms with Crippen molar-refractivity contribution in [2.75, 3.05) is 13.1 Å². The van der Waals surface area contributed by atoms with Gasteiger partial charge < -0.3 is 5.73 Å². The molecule has 0 amide bonds. The van der Waals surface area contributed by atoms with Crippen LogP contribution < -0.4 is 5.73 Å². The van der Waals surface area contributed by atoms with E-state index in [-0.39, 0.29) is 6.04 Å². The SMILES string of the molecule is CC(CN1CCCCC1C(C)N)c1ccccc1. The number of hydrogen-bond donors (Lipinski definition) is 1. The third-order valence-electron chi connectivity index (χ3n) is 4.15. The van der Waals surface area contributed by atoms with Crippen molar-refractivity contribution in [3.05, 3.63) is 35.9 Å². The summed E-state index contributed by atoms with van der Waals surface area (Å²) < 4.78 is 0. The number of hydrogen-bond acceptors (Lipinski definition) is 2. The van der Waals surface area contributed by atoms with E-state index < -0.39 is 0 Å². The molecule has 1 aliphatic rings. The van der Waals surface area contributed by atoms with Crippen LogP contribution in [-0.4, -0.2) is 30.1 Å². The van der Waals surface area contributed by atoms with Crippen LogP contribution in [0.4, 0.5) is 0 Å². The fourth-order valence-electron chi connectivity index (χ4n) is 3.08. The van der Waals surface area contributed by atoms with Gasteiger partial charge in [-0.3, -0.25) is 4.90 Å². The number of rotatable bonds is 4. The Hall–Kier alpha value is -0.860. The highest BCUT2D eigenvalue weighted by molar-refractivity contribution is 5.19. The quantitative estimate of drug-likeness (QED) is 0.885. The Labute approximate surface area is 111 Å². The van der Waals surface area contributed by atoms with Crippen molar-refractivity contribution in [1.82, 2.24) is 4.90 Å².